The van der Waals surface area contributed by atoms with Gasteiger partial charge in [0.2, 0.25) is 0 Å². The molecule has 1 rings (SSSR count). The fourth-order valence-corrected chi connectivity index (χ4v) is 1.94. The van der Waals surface area contributed by atoms with E-state index in [0.717, 1.165) is 6.42 Å². The van der Waals surface area contributed by atoms with Crippen molar-refractivity contribution in [1.82, 2.24) is 5.32 Å². The minimum Gasteiger partial charge on any atom is -0.469 e. The summed E-state index contributed by atoms with van der Waals surface area (Å²) in [7, 11) is 1.36. The van der Waals surface area contributed by atoms with Gasteiger partial charge in [-0.25, -0.2) is 4.79 Å². The SMILES string of the molecule is COC(=O)C[C@H]1CCOC[C@H]1NC(=O)OC(C)(C)C. The van der Waals surface area contributed by atoms with E-state index in [-0.39, 0.29) is 24.3 Å². The highest BCUT2D eigenvalue weighted by molar-refractivity contribution is 5.70. The van der Waals surface area contributed by atoms with Crippen LogP contribution in [0.3, 0.4) is 0 Å². The zero-order valence-corrected chi connectivity index (χ0v) is 12.0. The molecule has 0 unspecified atom stereocenters. The molecule has 0 aromatic carbocycles. The van der Waals surface area contributed by atoms with Gasteiger partial charge >= 0.3 is 12.1 Å². The molecule has 1 aliphatic rings. The molecule has 1 fully saturated rings. The number of amides is 1. The van der Waals surface area contributed by atoms with Crippen LogP contribution in [0, 0.1) is 5.92 Å². The lowest BCUT2D eigenvalue weighted by Gasteiger charge is -2.32. The number of hydrogen-bond acceptors (Lipinski definition) is 5. The third-order valence-corrected chi connectivity index (χ3v) is 2.86. The van der Waals surface area contributed by atoms with E-state index in [2.05, 4.69) is 10.1 Å². The van der Waals surface area contributed by atoms with Crippen LogP contribution in [-0.4, -0.2) is 44.0 Å². The molecule has 0 saturated carbocycles. The molecule has 0 radical (unpaired) electrons. The van der Waals surface area contributed by atoms with Gasteiger partial charge in [0.25, 0.3) is 0 Å². The normalized spacial score (nSPS) is 23.6. The van der Waals surface area contributed by atoms with Gasteiger partial charge in [-0.15, -0.1) is 0 Å². The van der Waals surface area contributed by atoms with Crippen molar-refractivity contribution in [2.24, 2.45) is 5.92 Å². The summed E-state index contributed by atoms with van der Waals surface area (Å²) in [6.45, 7) is 6.39. The van der Waals surface area contributed by atoms with E-state index in [1.54, 1.807) is 20.8 Å². The Kier molecular flexibility index (Phi) is 5.60. The van der Waals surface area contributed by atoms with Crippen molar-refractivity contribution in [3.8, 4) is 0 Å². The van der Waals surface area contributed by atoms with E-state index >= 15 is 0 Å². The molecule has 1 amide bonds. The van der Waals surface area contributed by atoms with Gasteiger partial charge in [-0.3, -0.25) is 4.79 Å². The van der Waals surface area contributed by atoms with Gasteiger partial charge < -0.3 is 19.5 Å². The van der Waals surface area contributed by atoms with Gasteiger partial charge in [0, 0.05) is 6.61 Å². The van der Waals surface area contributed by atoms with Gasteiger partial charge in [0.15, 0.2) is 0 Å². The number of methoxy groups -OCH3 is 1. The molecule has 0 spiro atoms. The van der Waals surface area contributed by atoms with E-state index in [1.807, 2.05) is 0 Å². The molecule has 2 atom stereocenters. The lowest BCUT2D eigenvalue weighted by molar-refractivity contribution is -0.142. The second-order valence-corrected chi connectivity index (χ2v) is 5.66. The summed E-state index contributed by atoms with van der Waals surface area (Å²) in [4.78, 5) is 23.1. The summed E-state index contributed by atoms with van der Waals surface area (Å²) in [6.07, 6.45) is 0.508. The maximum Gasteiger partial charge on any atom is 0.407 e. The first-order valence-electron chi connectivity index (χ1n) is 6.46. The topological polar surface area (TPSA) is 73.9 Å². The van der Waals surface area contributed by atoms with E-state index < -0.39 is 11.7 Å². The first-order valence-corrected chi connectivity index (χ1v) is 6.46. The highest BCUT2D eigenvalue weighted by Crippen LogP contribution is 2.20. The van der Waals surface area contributed by atoms with Crippen LogP contribution >= 0.6 is 0 Å². The number of carbonyl (C=O) groups excluding carboxylic acids is 2. The average Bonchev–Trinajstić information content (AvgIpc) is 2.29. The standard InChI is InChI=1S/C13H23NO5/c1-13(2,3)19-12(16)14-10-8-18-6-5-9(10)7-11(15)17-4/h9-10H,5-8H2,1-4H3,(H,14,16)/t9-,10-/m1/s1. The molecule has 0 aromatic rings. The summed E-state index contributed by atoms with van der Waals surface area (Å²) in [5.74, 6) is -0.253. The van der Waals surface area contributed by atoms with E-state index in [4.69, 9.17) is 9.47 Å². The van der Waals surface area contributed by atoms with Crippen LogP contribution in [0.25, 0.3) is 0 Å². The predicted molar refractivity (Wildman–Crippen MR) is 68.7 cm³/mol. The van der Waals surface area contributed by atoms with Crippen LogP contribution in [0.2, 0.25) is 0 Å². The van der Waals surface area contributed by atoms with Crippen molar-refractivity contribution in [3.05, 3.63) is 0 Å². The monoisotopic (exact) mass is 273 g/mol. The average molecular weight is 273 g/mol. The van der Waals surface area contributed by atoms with E-state index in [0.29, 0.717) is 13.2 Å². The molecule has 6 heteroatoms. The van der Waals surface area contributed by atoms with Crippen molar-refractivity contribution in [2.45, 2.75) is 45.3 Å². The van der Waals surface area contributed by atoms with Gasteiger partial charge in [-0.1, -0.05) is 0 Å². The van der Waals surface area contributed by atoms with Crippen LogP contribution in [0.1, 0.15) is 33.6 Å². The second-order valence-electron chi connectivity index (χ2n) is 5.66. The van der Waals surface area contributed by atoms with E-state index in [1.165, 1.54) is 7.11 Å². The third-order valence-electron chi connectivity index (χ3n) is 2.86. The zero-order valence-electron chi connectivity index (χ0n) is 12.0. The van der Waals surface area contributed by atoms with Crippen LogP contribution in [0.4, 0.5) is 4.79 Å². The molecule has 1 aliphatic heterocycles. The fourth-order valence-electron chi connectivity index (χ4n) is 1.94. The number of alkyl carbamates (subject to hydrolysis) is 1. The molecule has 1 N–H and O–H groups in total. The Morgan fingerprint density at radius 2 is 2.05 bits per heavy atom. The Labute approximate surface area is 113 Å². The summed E-state index contributed by atoms with van der Waals surface area (Å²) in [5.41, 5.74) is -0.544. The molecule has 1 heterocycles. The maximum absolute atomic E-state index is 11.7. The first kappa shape index (κ1) is 15.8. The van der Waals surface area contributed by atoms with Crippen molar-refractivity contribution in [3.63, 3.8) is 0 Å². The second kappa shape index (κ2) is 6.75. The van der Waals surface area contributed by atoms with Crippen molar-refractivity contribution in [1.29, 1.82) is 0 Å². The third kappa shape index (κ3) is 5.92. The first-order chi connectivity index (χ1) is 8.81. The Hall–Kier alpha value is -1.30. The Morgan fingerprint density at radius 1 is 1.37 bits per heavy atom. The van der Waals surface area contributed by atoms with Gasteiger partial charge in [0.05, 0.1) is 26.2 Å². The van der Waals surface area contributed by atoms with Crippen molar-refractivity contribution < 1.29 is 23.8 Å². The number of nitrogens with one attached hydrogen (secondary N) is 1. The molecule has 19 heavy (non-hydrogen) atoms. The molecular formula is C13H23NO5. The van der Waals surface area contributed by atoms with Gasteiger partial charge in [-0.05, 0) is 33.1 Å². The van der Waals surface area contributed by atoms with Crippen LogP contribution in [0.5, 0.6) is 0 Å². The summed E-state index contributed by atoms with van der Waals surface area (Å²) in [5, 5.41) is 2.76. The Morgan fingerprint density at radius 3 is 2.63 bits per heavy atom. The summed E-state index contributed by atoms with van der Waals surface area (Å²) >= 11 is 0. The fraction of sp³-hybridized carbons (Fsp3) is 0.846. The summed E-state index contributed by atoms with van der Waals surface area (Å²) in [6, 6.07) is -0.220. The molecular weight excluding hydrogens is 250 g/mol. The minimum atomic E-state index is -0.544. The largest absolute Gasteiger partial charge is 0.469 e. The minimum absolute atomic E-state index is 0.0220. The lowest BCUT2D eigenvalue weighted by Crippen LogP contribution is -2.48. The van der Waals surface area contributed by atoms with Gasteiger partial charge in [-0.2, -0.15) is 0 Å². The van der Waals surface area contributed by atoms with Crippen molar-refractivity contribution in [2.75, 3.05) is 20.3 Å². The number of esters is 1. The molecule has 1 saturated heterocycles. The molecule has 6 nitrogen and oxygen atoms in total. The highest BCUT2D eigenvalue weighted by Gasteiger charge is 2.30. The Bertz CT molecular complexity index is 323. The van der Waals surface area contributed by atoms with Gasteiger partial charge in [0.1, 0.15) is 5.60 Å². The lowest BCUT2D eigenvalue weighted by atomic mass is 9.92. The predicted octanol–water partition coefficient (Wildman–Crippen LogP) is 1.48. The molecule has 0 bridgehead atoms. The van der Waals surface area contributed by atoms with E-state index in [9.17, 15) is 9.59 Å². The van der Waals surface area contributed by atoms with Crippen molar-refractivity contribution >= 4 is 12.1 Å². The van der Waals surface area contributed by atoms with Crippen LogP contribution in [0.15, 0.2) is 0 Å². The number of hydrogen-bond donors (Lipinski definition) is 1. The molecule has 0 aliphatic carbocycles. The molecule has 110 valence electrons. The highest BCUT2D eigenvalue weighted by atomic mass is 16.6. The smallest absolute Gasteiger partial charge is 0.407 e. The number of rotatable bonds is 3. The molecule has 0 aromatic heterocycles. The number of ether oxygens (including phenoxy) is 3. The quantitative estimate of drug-likeness (QED) is 0.788. The zero-order chi connectivity index (χ0) is 14.5. The summed E-state index contributed by atoms with van der Waals surface area (Å²) < 4.78 is 15.2. The maximum atomic E-state index is 11.7. The Balaban J connectivity index is 2.52. The van der Waals surface area contributed by atoms with Crippen LogP contribution in [-0.2, 0) is 19.0 Å². The number of carbonyl (C=O) groups is 2. The van der Waals surface area contributed by atoms with Crippen LogP contribution < -0.4 is 5.32 Å².